The van der Waals surface area contributed by atoms with Crippen molar-refractivity contribution < 1.29 is 19.4 Å². The number of methoxy groups -OCH3 is 1. The van der Waals surface area contributed by atoms with Crippen molar-refractivity contribution in [1.82, 2.24) is 4.90 Å². The number of ether oxygens (including phenoxy) is 2. The van der Waals surface area contributed by atoms with Gasteiger partial charge in [-0.3, -0.25) is 4.90 Å². The number of aliphatic hydroxyl groups excluding tert-OH is 1. The molecule has 1 aliphatic rings. The zero-order chi connectivity index (χ0) is 19.9. The second-order valence-corrected chi connectivity index (χ2v) is 7.11. The predicted octanol–water partition coefficient (Wildman–Crippen LogP) is 2.34. The van der Waals surface area contributed by atoms with Crippen LogP contribution in [0.4, 0.5) is 5.69 Å². The van der Waals surface area contributed by atoms with E-state index in [0.29, 0.717) is 18.7 Å². The first-order chi connectivity index (χ1) is 13.5. The number of benzene rings is 2. The number of carbonyl (C=O) groups is 1. The Bertz CT molecular complexity index is 770. The summed E-state index contributed by atoms with van der Waals surface area (Å²) in [6, 6.07) is 15.3. The monoisotopic (exact) mass is 384 g/mol. The van der Waals surface area contributed by atoms with Gasteiger partial charge in [0.15, 0.2) is 0 Å². The molecule has 1 aliphatic heterocycles. The maximum atomic E-state index is 11.5. The van der Waals surface area contributed by atoms with Crippen LogP contribution in [0.25, 0.3) is 0 Å². The lowest BCUT2D eigenvalue weighted by molar-refractivity contribution is 0.0600. The SMILES string of the molecule is COC(=O)c1ccc(N2CCN(C[C@H](O)COc3cccc(C)c3)CC2)cc1. The molecular formula is C22H28N2O4. The Morgan fingerprint density at radius 3 is 2.46 bits per heavy atom. The van der Waals surface area contributed by atoms with E-state index in [1.165, 1.54) is 7.11 Å². The molecule has 1 atom stereocenters. The number of hydrogen-bond acceptors (Lipinski definition) is 6. The van der Waals surface area contributed by atoms with Crippen molar-refractivity contribution in [2.45, 2.75) is 13.0 Å². The van der Waals surface area contributed by atoms with Gasteiger partial charge >= 0.3 is 5.97 Å². The van der Waals surface area contributed by atoms with E-state index >= 15 is 0 Å². The Labute approximate surface area is 166 Å². The molecule has 0 bridgehead atoms. The third-order valence-corrected chi connectivity index (χ3v) is 4.93. The van der Waals surface area contributed by atoms with E-state index in [-0.39, 0.29) is 5.97 Å². The maximum absolute atomic E-state index is 11.5. The number of nitrogens with zero attached hydrogens (tertiary/aromatic N) is 2. The van der Waals surface area contributed by atoms with Crippen LogP contribution in [0.5, 0.6) is 5.75 Å². The van der Waals surface area contributed by atoms with Gasteiger partial charge in [-0.25, -0.2) is 4.79 Å². The minimum atomic E-state index is -0.522. The molecule has 0 aromatic heterocycles. The summed E-state index contributed by atoms with van der Waals surface area (Å²) in [5.74, 6) is 0.470. The summed E-state index contributed by atoms with van der Waals surface area (Å²) >= 11 is 0. The molecule has 150 valence electrons. The Kier molecular flexibility index (Phi) is 6.90. The van der Waals surface area contributed by atoms with Crippen molar-refractivity contribution in [2.75, 3.05) is 51.3 Å². The number of esters is 1. The van der Waals surface area contributed by atoms with E-state index in [2.05, 4.69) is 9.80 Å². The molecule has 6 heteroatoms. The second-order valence-electron chi connectivity index (χ2n) is 7.11. The van der Waals surface area contributed by atoms with E-state index in [4.69, 9.17) is 9.47 Å². The van der Waals surface area contributed by atoms with Crippen LogP contribution < -0.4 is 9.64 Å². The van der Waals surface area contributed by atoms with E-state index in [1.807, 2.05) is 43.3 Å². The normalized spacial score (nSPS) is 15.9. The lowest BCUT2D eigenvalue weighted by Crippen LogP contribution is -2.49. The summed E-state index contributed by atoms with van der Waals surface area (Å²) in [4.78, 5) is 16.1. The van der Waals surface area contributed by atoms with Gasteiger partial charge < -0.3 is 19.5 Å². The highest BCUT2D eigenvalue weighted by Gasteiger charge is 2.20. The van der Waals surface area contributed by atoms with Crippen LogP contribution >= 0.6 is 0 Å². The second kappa shape index (κ2) is 9.57. The molecule has 28 heavy (non-hydrogen) atoms. The summed E-state index contributed by atoms with van der Waals surface area (Å²) in [6.07, 6.45) is -0.522. The van der Waals surface area contributed by atoms with Gasteiger partial charge in [-0.2, -0.15) is 0 Å². The van der Waals surface area contributed by atoms with E-state index < -0.39 is 6.10 Å². The number of anilines is 1. The first-order valence-corrected chi connectivity index (χ1v) is 9.58. The summed E-state index contributed by atoms with van der Waals surface area (Å²) < 4.78 is 10.4. The Morgan fingerprint density at radius 1 is 1.11 bits per heavy atom. The van der Waals surface area contributed by atoms with Crippen molar-refractivity contribution >= 4 is 11.7 Å². The highest BCUT2D eigenvalue weighted by molar-refractivity contribution is 5.89. The average Bonchev–Trinajstić information content (AvgIpc) is 2.72. The van der Waals surface area contributed by atoms with Gasteiger partial charge in [-0.1, -0.05) is 12.1 Å². The summed E-state index contributed by atoms with van der Waals surface area (Å²) in [7, 11) is 1.38. The van der Waals surface area contributed by atoms with E-state index in [0.717, 1.165) is 43.2 Å². The standard InChI is InChI=1S/C22H28N2O4/c1-17-4-3-5-21(14-17)28-16-20(25)15-23-10-12-24(13-11-23)19-8-6-18(7-9-19)22(26)27-2/h3-9,14,20,25H,10-13,15-16H2,1-2H3/t20-/m0/s1. The Balaban J connectivity index is 1.42. The molecule has 2 aromatic rings. The minimum Gasteiger partial charge on any atom is -0.491 e. The number of β-amino-alcohol motifs (C(OH)–C–C–N with tert-alkyl or cyclic N) is 1. The number of rotatable bonds is 7. The fourth-order valence-corrected chi connectivity index (χ4v) is 3.36. The third-order valence-electron chi connectivity index (χ3n) is 4.93. The van der Waals surface area contributed by atoms with Crippen LogP contribution in [0.1, 0.15) is 15.9 Å². The highest BCUT2D eigenvalue weighted by Crippen LogP contribution is 2.18. The smallest absolute Gasteiger partial charge is 0.337 e. The minimum absolute atomic E-state index is 0.290. The van der Waals surface area contributed by atoms with Gasteiger partial charge in [0.05, 0.1) is 12.7 Å². The van der Waals surface area contributed by atoms with E-state index in [1.54, 1.807) is 12.1 Å². The van der Waals surface area contributed by atoms with Crippen LogP contribution in [-0.4, -0.2) is 68.5 Å². The van der Waals surface area contributed by atoms with Crippen molar-refractivity contribution in [3.8, 4) is 5.75 Å². The van der Waals surface area contributed by atoms with Crippen LogP contribution in [0.15, 0.2) is 48.5 Å². The molecule has 0 saturated carbocycles. The van der Waals surface area contributed by atoms with E-state index in [9.17, 15) is 9.90 Å². The zero-order valence-electron chi connectivity index (χ0n) is 16.5. The molecule has 0 spiro atoms. The number of carbonyl (C=O) groups excluding carboxylic acids is 1. The molecular weight excluding hydrogens is 356 g/mol. The van der Waals surface area contributed by atoms with Gasteiger partial charge in [0.1, 0.15) is 18.5 Å². The fourth-order valence-electron chi connectivity index (χ4n) is 3.36. The van der Waals surface area contributed by atoms with Gasteiger partial charge in [0, 0.05) is 38.4 Å². The molecule has 0 unspecified atom stereocenters. The van der Waals surface area contributed by atoms with Crippen molar-refractivity contribution in [1.29, 1.82) is 0 Å². The molecule has 3 rings (SSSR count). The fraction of sp³-hybridized carbons (Fsp3) is 0.409. The lowest BCUT2D eigenvalue weighted by Gasteiger charge is -2.36. The Morgan fingerprint density at radius 2 is 1.82 bits per heavy atom. The molecule has 1 fully saturated rings. The predicted molar refractivity (Wildman–Crippen MR) is 109 cm³/mol. The van der Waals surface area contributed by atoms with Gasteiger partial charge in [-0.15, -0.1) is 0 Å². The topological polar surface area (TPSA) is 62.2 Å². The average molecular weight is 384 g/mol. The van der Waals surface area contributed by atoms with Crippen LogP contribution in [0.2, 0.25) is 0 Å². The molecule has 2 aromatic carbocycles. The third kappa shape index (κ3) is 5.47. The van der Waals surface area contributed by atoms with Gasteiger partial charge in [0.2, 0.25) is 0 Å². The summed E-state index contributed by atoms with van der Waals surface area (Å²) in [5.41, 5.74) is 2.79. The number of aryl methyl sites for hydroxylation is 1. The molecule has 1 saturated heterocycles. The number of piperazine rings is 1. The zero-order valence-corrected chi connectivity index (χ0v) is 16.5. The van der Waals surface area contributed by atoms with Gasteiger partial charge in [-0.05, 0) is 48.9 Å². The molecule has 1 N–H and O–H groups in total. The summed E-state index contributed by atoms with van der Waals surface area (Å²) in [5, 5.41) is 10.3. The van der Waals surface area contributed by atoms with Crippen molar-refractivity contribution in [2.24, 2.45) is 0 Å². The number of hydrogen-bond donors (Lipinski definition) is 1. The highest BCUT2D eigenvalue weighted by atomic mass is 16.5. The molecule has 0 amide bonds. The first-order valence-electron chi connectivity index (χ1n) is 9.58. The molecule has 1 heterocycles. The Hall–Kier alpha value is -2.57. The van der Waals surface area contributed by atoms with Crippen LogP contribution in [0.3, 0.4) is 0 Å². The first kappa shape index (κ1) is 20.2. The van der Waals surface area contributed by atoms with Crippen LogP contribution in [-0.2, 0) is 4.74 Å². The van der Waals surface area contributed by atoms with Gasteiger partial charge in [0.25, 0.3) is 0 Å². The summed E-state index contributed by atoms with van der Waals surface area (Å²) in [6.45, 7) is 6.41. The molecule has 0 radical (unpaired) electrons. The number of aliphatic hydroxyl groups is 1. The maximum Gasteiger partial charge on any atom is 0.337 e. The quantitative estimate of drug-likeness (QED) is 0.740. The largest absolute Gasteiger partial charge is 0.491 e. The van der Waals surface area contributed by atoms with Crippen LogP contribution in [0, 0.1) is 6.92 Å². The van der Waals surface area contributed by atoms with Crippen molar-refractivity contribution in [3.05, 3.63) is 59.7 Å². The van der Waals surface area contributed by atoms with Crippen molar-refractivity contribution in [3.63, 3.8) is 0 Å². The lowest BCUT2D eigenvalue weighted by atomic mass is 10.1. The molecule has 0 aliphatic carbocycles. The molecule has 6 nitrogen and oxygen atoms in total.